The van der Waals surface area contributed by atoms with Gasteiger partial charge in [-0.2, -0.15) is 22.6 Å². The third-order valence-corrected chi connectivity index (χ3v) is 5.14. The van der Waals surface area contributed by atoms with E-state index >= 15 is 0 Å². The summed E-state index contributed by atoms with van der Waals surface area (Å²) in [6, 6.07) is 0. The highest BCUT2D eigenvalue weighted by molar-refractivity contribution is 7.89. The molecule has 0 saturated heterocycles. The first-order chi connectivity index (χ1) is 9.54. The predicted molar refractivity (Wildman–Crippen MR) is 71.2 cm³/mol. The summed E-state index contributed by atoms with van der Waals surface area (Å²) in [7, 11) is -4.25. The molecule has 1 aromatic rings. The van der Waals surface area contributed by atoms with Crippen LogP contribution in [0.25, 0.3) is 0 Å². The molecular weight excluding hydrogens is 309 g/mol. The highest BCUT2D eigenvalue weighted by atomic mass is 32.2. The van der Waals surface area contributed by atoms with Crippen molar-refractivity contribution in [3.8, 4) is 0 Å². The number of aryl methyl sites for hydroxylation is 1. The molecule has 10 heteroatoms. The zero-order chi connectivity index (χ0) is 16.4. The molecule has 0 aliphatic rings. The fraction of sp³-hybridized carbons (Fsp3) is 0.727. The molecule has 6 nitrogen and oxygen atoms in total. The number of halogens is 3. The van der Waals surface area contributed by atoms with Gasteiger partial charge in [0, 0.05) is 13.1 Å². The van der Waals surface area contributed by atoms with Gasteiger partial charge in [0.1, 0.15) is 11.4 Å². The van der Waals surface area contributed by atoms with E-state index in [2.05, 4.69) is 5.10 Å². The third-order valence-electron chi connectivity index (χ3n) is 2.96. The van der Waals surface area contributed by atoms with Crippen molar-refractivity contribution in [3.63, 3.8) is 0 Å². The molecule has 0 saturated carbocycles. The number of aromatic nitrogens is 2. The van der Waals surface area contributed by atoms with Crippen LogP contribution in [0.4, 0.5) is 13.2 Å². The van der Waals surface area contributed by atoms with Crippen molar-refractivity contribution in [1.82, 2.24) is 14.1 Å². The maximum atomic E-state index is 12.5. The molecule has 0 unspecified atom stereocenters. The van der Waals surface area contributed by atoms with Gasteiger partial charge in [-0.3, -0.25) is 4.68 Å². The van der Waals surface area contributed by atoms with Gasteiger partial charge in [0.25, 0.3) is 0 Å². The van der Waals surface area contributed by atoms with Crippen LogP contribution in [0.15, 0.2) is 4.90 Å². The maximum Gasteiger partial charge on any atom is 0.402 e. The zero-order valence-corrected chi connectivity index (χ0v) is 12.9. The van der Waals surface area contributed by atoms with Gasteiger partial charge in [-0.1, -0.05) is 6.92 Å². The van der Waals surface area contributed by atoms with Crippen molar-refractivity contribution < 1.29 is 21.6 Å². The number of sulfonamides is 1. The van der Waals surface area contributed by atoms with Crippen molar-refractivity contribution >= 4 is 10.0 Å². The molecule has 1 rings (SSSR count). The highest BCUT2D eigenvalue weighted by Crippen LogP contribution is 2.26. The van der Waals surface area contributed by atoms with E-state index in [1.54, 1.807) is 0 Å². The third kappa shape index (κ3) is 3.95. The second-order valence-corrected chi connectivity index (χ2v) is 6.43. The van der Waals surface area contributed by atoms with Crippen molar-refractivity contribution in [2.75, 3.05) is 19.6 Å². The summed E-state index contributed by atoms with van der Waals surface area (Å²) in [5.41, 5.74) is 5.86. The minimum absolute atomic E-state index is 0.168. The van der Waals surface area contributed by atoms with Crippen LogP contribution in [0.3, 0.4) is 0 Å². The lowest BCUT2D eigenvalue weighted by atomic mass is 10.4. The quantitative estimate of drug-likeness (QED) is 0.846. The van der Waals surface area contributed by atoms with Crippen LogP contribution in [-0.4, -0.2) is 48.3 Å². The molecular formula is C11H19F3N4O2S. The normalized spacial score (nSPS) is 13.1. The number of alkyl halides is 3. The fourth-order valence-corrected chi connectivity index (χ4v) is 3.90. The Hall–Kier alpha value is -1.13. The van der Waals surface area contributed by atoms with Crippen LogP contribution in [-0.2, 0) is 16.6 Å². The Morgan fingerprint density at radius 1 is 1.33 bits per heavy atom. The molecule has 2 N–H and O–H groups in total. The van der Waals surface area contributed by atoms with E-state index in [1.807, 2.05) is 0 Å². The molecule has 0 aliphatic carbocycles. The van der Waals surface area contributed by atoms with E-state index in [0.29, 0.717) is 16.5 Å². The van der Waals surface area contributed by atoms with E-state index < -0.39 is 22.7 Å². The molecule has 0 aliphatic heterocycles. The van der Waals surface area contributed by atoms with E-state index in [-0.39, 0.29) is 23.7 Å². The molecule has 1 aromatic heterocycles. The van der Waals surface area contributed by atoms with Crippen molar-refractivity contribution in [1.29, 1.82) is 0 Å². The van der Waals surface area contributed by atoms with Crippen LogP contribution in [0.1, 0.15) is 18.3 Å². The number of hydrogen-bond donors (Lipinski definition) is 1. The molecule has 0 aromatic carbocycles. The van der Waals surface area contributed by atoms with Crippen molar-refractivity contribution in [2.45, 2.75) is 38.4 Å². The van der Waals surface area contributed by atoms with Gasteiger partial charge in [-0.05, 0) is 13.8 Å². The fourth-order valence-electron chi connectivity index (χ4n) is 2.09. The Balaban J connectivity index is 3.29. The molecule has 0 bridgehead atoms. The Labute approximate surface area is 121 Å². The van der Waals surface area contributed by atoms with Crippen LogP contribution in [0, 0.1) is 13.8 Å². The molecule has 21 heavy (non-hydrogen) atoms. The summed E-state index contributed by atoms with van der Waals surface area (Å²) < 4.78 is 64.2. The van der Waals surface area contributed by atoms with E-state index in [9.17, 15) is 21.6 Å². The predicted octanol–water partition coefficient (Wildman–Crippen LogP) is 1.03. The van der Waals surface area contributed by atoms with Crippen molar-refractivity contribution in [2.24, 2.45) is 5.73 Å². The summed E-state index contributed by atoms with van der Waals surface area (Å²) in [4.78, 5) is -0.179. The smallest absolute Gasteiger partial charge is 0.329 e. The maximum absolute atomic E-state index is 12.5. The van der Waals surface area contributed by atoms with Gasteiger partial charge >= 0.3 is 6.18 Å². The molecule has 0 spiro atoms. The first kappa shape index (κ1) is 17.9. The Kier molecular flexibility index (Phi) is 5.40. The molecule has 0 atom stereocenters. The molecule has 0 radical (unpaired) electrons. The second kappa shape index (κ2) is 6.32. The van der Waals surface area contributed by atoms with E-state index in [1.165, 1.54) is 25.5 Å². The minimum Gasteiger partial charge on any atom is -0.329 e. The molecule has 0 fully saturated rings. The first-order valence-electron chi connectivity index (χ1n) is 6.35. The highest BCUT2D eigenvalue weighted by Gasteiger charge is 2.38. The topological polar surface area (TPSA) is 81.2 Å². The summed E-state index contributed by atoms with van der Waals surface area (Å²) in [6.45, 7) is 3.07. The van der Waals surface area contributed by atoms with Crippen LogP contribution in [0.2, 0.25) is 0 Å². The Morgan fingerprint density at radius 3 is 2.33 bits per heavy atom. The summed E-state index contributed by atoms with van der Waals surface area (Å²) >= 11 is 0. The summed E-state index contributed by atoms with van der Waals surface area (Å²) in [6.07, 6.45) is -4.60. The Bertz CT molecular complexity index is 595. The van der Waals surface area contributed by atoms with Gasteiger partial charge in [0.2, 0.25) is 10.0 Å². The van der Waals surface area contributed by atoms with Gasteiger partial charge in [-0.15, -0.1) is 0 Å². The van der Waals surface area contributed by atoms with Gasteiger partial charge in [-0.25, -0.2) is 8.42 Å². The molecule has 0 amide bonds. The van der Waals surface area contributed by atoms with Crippen molar-refractivity contribution in [3.05, 3.63) is 11.4 Å². The zero-order valence-electron chi connectivity index (χ0n) is 12.1. The number of rotatable bonds is 6. The SMILES string of the molecule is CCN(CC(F)(F)F)S(=O)(=O)c1c(C)nn(CCN)c1C. The van der Waals surface area contributed by atoms with Gasteiger partial charge < -0.3 is 5.73 Å². The largest absolute Gasteiger partial charge is 0.402 e. The van der Waals surface area contributed by atoms with E-state index in [0.717, 1.165) is 0 Å². The lowest BCUT2D eigenvalue weighted by molar-refractivity contribution is -0.135. The molecule has 122 valence electrons. The number of nitrogens with two attached hydrogens (primary N) is 1. The molecule has 1 heterocycles. The van der Waals surface area contributed by atoms with Gasteiger partial charge in [0.05, 0.1) is 17.9 Å². The first-order valence-corrected chi connectivity index (χ1v) is 7.79. The monoisotopic (exact) mass is 328 g/mol. The average molecular weight is 328 g/mol. The Morgan fingerprint density at radius 2 is 1.90 bits per heavy atom. The summed E-state index contributed by atoms with van der Waals surface area (Å²) in [5, 5.41) is 4.03. The van der Waals surface area contributed by atoms with Crippen LogP contribution >= 0.6 is 0 Å². The van der Waals surface area contributed by atoms with Crippen LogP contribution < -0.4 is 5.73 Å². The van der Waals surface area contributed by atoms with Crippen LogP contribution in [0.5, 0.6) is 0 Å². The van der Waals surface area contributed by atoms with E-state index in [4.69, 9.17) is 5.73 Å². The van der Waals surface area contributed by atoms with Gasteiger partial charge in [0.15, 0.2) is 0 Å². The lowest BCUT2D eigenvalue weighted by Gasteiger charge is -2.22. The lowest BCUT2D eigenvalue weighted by Crippen LogP contribution is -2.39. The number of nitrogens with zero attached hydrogens (tertiary/aromatic N) is 3. The average Bonchev–Trinajstić information content (AvgIpc) is 2.61. The minimum atomic E-state index is -4.60. The summed E-state index contributed by atoms with van der Waals surface area (Å²) in [5.74, 6) is 0. The second-order valence-electron chi connectivity index (χ2n) is 4.56. The number of hydrogen-bond acceptors (Lipinski definition) is 4. The standard InChI is InChI=1S/C11H19F3N4O2S/c1-4-17(7-11(12,13)14)21(19,20)10-8(2)16-18(6-5-15)9(10)3/h4-7,15H2,1-3H3.